The third kappa shape index (κ3) is 3.93. The van der Waals surface area contributed by atoms with Crippen LogP contribution in [0.15, 0.2) is 47.0 Å². The fourth-order valence-corrected chi connectivity index (χ4v) is 3.17. The third-order valence-corrected chi connectivity index (χ3v) is 4.73. The van der Waals surface area contributed by atoms with Gasteiger partial charge in [-0.05, 0) is 24.3 Å². The number of nitrogens with zero attached hydrogens (tertiary/aromatic N) is 3. The van der Waals surface area contributed by atoms with Crippen LogP contribution < -0.4 is 9.47 Å². The van der Waals surface area contributed by atoms with Crippen LogP contribution in [0.3, 0.4) is 0 Å². The minimum Gasteiger partial charge on any atom is -0.497 e. The highest BCUT2D eigenvalue weighted by Crippen LogP contribution is 2.33. The zero-order chi connectivity index (χ0) is 20.2. The summed E-state index contributed by atoms with van der Waals surface area (Å²) in [5.74, 6) is 1.92. The molecule has 8 heteroatoms. The van der Waals surface area contributed by atoms with Gasteiger partial charge in [-0.15, -0.1) is 0 Å². The molecule has 1 amide bonds. The summed E-state index contributed by atoms with van der Waals surface area (Å²) in [6.45, 7) is 2.30. The summed E-state index contributed by atoms with van der Waals surface area (Å²) in [4.78, 5) is 19.0. The van der Waals surface area contributed by atoms with Crippen molar-refractivity contribution in [3.05, 3.63) is 48.0 Å². The van der Waals surface area contributed by atoms with Gasteiger partial charge in [0.25, 0.3) is 11.8 Å². The lowest BCUT2D eigenvalue weighted by atomic mass is 10.1. The van der Waals surface area contributed by atoms with Gasteiger partial charge in [-0.1, -0.05) is 17.3 Å². The largest absolute Gasteiger partial charge is 0.497 e. The molecule has 0 saturated carbocycles. The van der Waals surface area contributed by atoms with Gasteiger partial charge in [-0.2, -0.15) is 4.98 Å². The molecule has 1 saturated heterocycles. The van der Waals surface area contributed by atoms with Crippen LogP contribution in [0.1, 0.15) is 10.4 Å². The number of rotatable bonds is 5. The van der Waals surface area contributed by atoms with Gasteiger partial charge in [0.1, 0.15) is 11.5 Å². The molecule has 1 aliphatic rings. The number of hydrogen-bond donors (Lipinski definition) is 0. The standard InChI is InChI=1S/C21H21N3O5/c1-26-16-6-7-17(18(13-16)27-2)20-22-19(23-29-20)14-4-3-5-15(12-14)21(25)24-8-10-28-11-9-24/h3-7,12-13H,8-11H2,1-2H3. The quantitative estimate of drug-likeness (QED) is 0.656. The van der Waals surface area contributed by atoms with E-state index in [-0.39, 0.29) is 5.91 Å². The molecule has 4 rings (SSSR count). The zero-order valence-corrected chi connectivity index (χ0v) is 16.3. The van der Waals surface area contributed by atoms with Gasteiger partial charge >= 0.3 is 0 Å². The summed E-state index contributed by atoms with van der Waals surface area (Å²) in [7, 11) is 3.15. The minimum atomic E-state index is -0.0318. The highest BCUT2D eigenvalue weighted by Gasteiger charge is 2.20. The van der Waals surface area contributed by atoms with Gasteiger partial charge in [-0.25, -0.2) is 0 Å². The molecular weight excluding hydrogens is 374 g/mol. The van der Waals surface area contributed by atoms with Crippen LogP contribution in [0.4, 0.5) is 0 Å². The molecule has 1 fully saturated rings. The first-order valence-electron chi connectivity index (χ1n) is 9.23. The summed E-state index contributed by atoms with van der Waals surface area (Å²) in [6.07, 6.45) is 0. The molecule has 1 aliphatic heterocycles. The Balaban J connectivity index is 1.61. The number of amides is 1. The maximum atomic E-state index is 12.7. The van der Waals surface area contributed by atoms with Gasteiger partial charge in [0.15, 0.2) is 0 Å². The van der Waals surface area contributed by atoms with Crippen molar-refractivity contribution in [2.45, 2.75) is 0 Å². The number of hydrogen-bond acceptors (Lipinski definition) is 7. The molecule has 2 aromatic carbocycles. The first-order chi connectivity index (χ1) is 14.2. The van der Waals surface area contributed by atoms with E-state index < -0.39 is 0 Å². The van der Waals surface area contributed by atoms with E-state index in [0.717, 1.165) is 0 Å². The molecule has 150 valence electrons. The predicted molar refractivity (Wildman–Crippen MR) is 105 cm³/mol. The van der Waals surface area contributed by atoms with E-state index in [9.17, 15) is 4.79 Å². The number of ether oxygens (including phenoxy) is 3. The second-order valence-electron chi connectivity index (χ2n) is 6.47. The van der Waals surface area contributed by atoms with Gasteiger partial charge in [-0.3, -0.25) is 4.79 Å². The molecule has 0 aliphatic carbocycles. The molecule has 29 heavy (non-hydrogen) atoms. The van der Waals surface area contributed by atoms with Crippen LogP contribution in [0.5, 0.6) is 11.5 Å². The second kappa shape index (κ2) is 8.32. The molecule has 0 unspecified atom stereocenters. The van der Waals surface area contributed by atoms with E-state index in [2.05, 4.69) is 10.1 Å². The smallest absolute Gasteiger partial charge is 0.262 e. The van der Waals surface area contributed by atoms with Gasteiger partial charge in [0, 0.05) is 30.3 Å². The van der Waals surface area contributed by atoms with Crippen LogP contribution in [0, 0.1) is 0 Å². The number of morpholine rings is 1. The van der Waals surface area contributed by atoms with Crippen molar-refractivity contribution in [3.63, 3.8) is 0 Å². The fraction of sp³-hybridized carbons (Fsp3) is 0.286. The molecule has 1 aromatic heterocycles. The topological polar surface area (TPSA) is 86.9 Å². The van der Waals surface area contributed by atoms with Crippen LogP contribution in [0.2, 0.25) is 0 Å². The lowest BCUT2D eigenvalue weighted by Gasteiger charge is -2.26. The fourth-order valence-electron chi connectivity index (χ4n) is 3.17. The average molecular weight is 395 g/mol. The Kier molecular flexibility index (Phi) is 5.44. The SMILES string of the molecule is COc1ccc(-c2nc(-c3cccc(C(=O)N4CCOCC4)c3)no2)c(OC)c1. The van der Waals surface area contributed by atoms with E-state index in [1.165, 1.54) is 0 Å². The second-order valence-corrected chi connectivity index (χ2v) is 6.47. The van der Waals surface area contributed by atoms with Crippen LogP contribution in [-0.2, 0) is 4.74 Å². The summed E-state index contributed by atoms with van der Waals surface area (Å²) >= 11 is 0. The number of carbonyl (C=O) groups is 1. The molecular formula is C21H21N3O5. The van der Waals surface area contributed by atoms with Crippen molar-refractivity contribution in [3.8, 4) is 34.3 Å². The summed E-state index contributed by atoms with van der Waals surface area (Å²) < 4.78 is 21.4. The van der Waals surface area contributed by atoms with E-state index in [1.54, 1.807) is 49.5 Å². The normalized spacial score (nSPS) is 13.9. The number of aromatic nitrogens is 2. The molecule has 0 bridgehead atoms. The first kappa shape index (κ1) is 18.9. The minimum absolute atomic E-state index is 0.0318. The molecule has 2 heterocycles. The Morgan fingerprint density at radius 3 is 2.66 bits per heavy atom. The van der Waals surface area contributed by atoms with Crippen molar-refractivity contribution in [2.24, 2.45) is 0 Å². The molecule has 3 aromatic rings. The Morgan fingerprint density at radius 1 is 1.07 bits per heavy atom. The number of methoxy groups -OCH3 is 2. The van der Waals surface area contributed by atoms with Crippen molar-refractivity contribution in [1.29, 1.82) is 0 Å². The summed E-state index contributed by atoms with van der Waals surface area (Å²) in [5.41, 5.74) is 1.94. The maximum Gasteiger partial charge on any atom is 0.262 e. The van der Waals surface area contributed by atoms with Crippen LogP contribution in [-0.4, -0.2) is 61.5 Å². The molecule has 0 atom stereocenters. The molecule has 0 N–H and O–H groups in total. The van der Waals surface area contributed by atoms with Crippen LogP contribution >= 0.6 is 0 Å². The Labute approximate surface area is 168 Å². The highest BCUT2D eigenvalue weighted by molar-refractivity contribution is 5.95. The van der Waals surface area contributed by atoms with Crippen LogP contribution in [0.25, 0.3) is 22.8 Å². The number of benzene rings is 2. The van der Waals surface area contributed by atoms with Crippen molar-refractivity contribution >= 4 is 5.91 Å². The molecule has 0 spiro atoms. The Bertz CT molecular complexity index is 1010. The molecule has 0 radical (unpaired) electrons. The lowest BCUT2D eigenvalue weighted by molar-refractivity contribution is 0.0303. The Hall–Kier alpha value is -3.39. The van der Waals surface area contributed by atoms with E-state index >= 15 is 0 Å². The predicted octanol–water partition coefficient (Wildman–Crippen LogP) is 2.89. The summed E-state index contributed by atoms with van der Waals surface area (Å²) in [6, 6.07) is 12.6. The van der Waals surface area contributed by atoms with E-state index in [1.807, 2.05) is 12.1 Å². The lowest BCUT2D eigenvalue weighted by Crippen LogP contribution is -2.40. The van der Waals surface area contributed by atoms with Crippen molar-refractivity contribution in [2.75, 3.05) is 40.5 Å². The van der Waals surface area contributed by atoms with E-state index in [0.29, 0.717) is 66.2 Å². The van der Waals surface area contributed by atoms with Gasteiger partial charge in [0.05, 0.1) is 33.0 Å². The zero-order valence-electron chi connectivity index (χ0n) is 16.3. The monoisotopic (exact) mass is 395 g/mol. The number of carbonyl (C=O) groups excluding carboxylic acids is 1. The first-order valence-corrected chi connectivity index (χ1v) is 9.23. The van der Waals surface area contributed by atoms with Gasteiger partial charge < -0.3 is 23.6 Å². The van der Waals surface area contributed by atoms with E-state index in [4.69, 9.17) is 18.7 Å². The van der Waals surface area contributed by atoms with Gasteiger partial charge in [0.2, 0.25) is 5.82 Å². The Morgan fingerprint density at radius 2 is 1.90 bits per heavy atom. The van der Waals surface area contributed by atoms with Crippen molar-refractivity contribution in [1.82, 2.24) is 15.0 Å². The summed E-state index contributed by atoms with van der Waals surface area (Å²) in [5, 5.41) is 4.08. The van der Waals surface area contributed by atoms with Crippen molar-refractivity contribution < 1.29 is 23.5 Å². The maximum absolute atomic E-state index is 12.7. The third-order valence-electron chi connectivity index (χ3n) is 4.73. The average Bonchev–Trinajstić information content (AvgIpc) is 3.29. The highest BCUT2D eigenvalue weighted by atomic mass is 16.5. The molecule has 8 nitrogen and oxygen atoms in total.